The van der Waals surface area contributed by atoms with E-state index in [0.29, 0.717) is 16.9 Å². The Hall–Kier alpha value is -3.85. The lowest BCUT2D eigenvalue weighted by molar-refractivity contribution is 0.410. The summed E-state index contributed by atoms with van der Waals surface area (Å²) >= 11 is 3.66. The van der Waals surface area contributed by atoms with E-state index >= 15 is 4.39 Å². The lowest BCUT2D eigenvalue weighted by atomic mass is 10.1. The SMILES string of the molecule is Cc1ccnc(Oc2ccc(-n3c(-c4ccc(N)cc4)c(Br)c4ncncc43)cc2F)n1. The van der Waals surface area contributed by atoms with Gasteiger partial charge in [-0.05, 0) is 58.7 Å². The summed E-state index contributed by atoms with van der Waals surface area (Å²) in [6, 6.07) is 14.0. The first-order valence-electron chi connectivity index (χ1n) is 9.64. The third kappa shape index (κ3) is 3.56. The van der Waals surface area contributed by atoms with Crippen LogP contribution in [0.4, 0.5) is 10.1 Å². The van der Waals surface area contributed by atoms with Crippen molar-refractivity contribution in [2.24, 2.45) is 0 Å². The second-order valence-corrected chi connectivity index (χ2v) is 7.87. The van der Waals surface area contributed by atoms with Crippen molar-refractivity contribution in [2.45, 2.75) is 6.92 Å². The molecule has 2 N–H and O–H groups in total. The van der Waals surface area contributed by atoms with E-state index in [1.165, 1.54) is 12.4 Å². The van der Waals surface area contributed by atoms with Crippen molar-refractivity contribution >= 4 is 32.7 Å². The summed E-state index contributed by atoms with van der Waals surface area (Å²) in [5.41, 5.74) is 10.9. The molecule has 0 amide bonds. The number of fused-ring (bicyclic) bond motifs is 1. The lowest BCUT2D eigenvalue weighted by Crippen LogP contribution is -2.00. The second kappa shape index (κ2) is 8.01. The van der Waals surface area contributed by atoms with E-state index in [-0.39, 0.29) is 11.8 Å². The number of hydrogen-bond acceptors (Lipinski definition) is 6. The first-order valence-corrected chi connectivity index (χ1v) is 10.4. The Labute approximate surface area is 190 Å². The number of halogens is 2. The molecule has 0 unspecified atom stereocenters. The molecule has 158 valence electrons. The Kier molecular flexibility index (Phi) is 5.02. The number of aromatic nitrogens is 5. The number of benzene rings is 2. The third-order valence-electron chi connectivity index (χ3n) is 4.90. The first-order chi connectivity index (χ1) is 15.5. The van der Waals surface area contributed by atoms with Gasteiger partial charge in [-0.15, -0.1) is 0 Å². The average Bonchev–Trinajstić information content (AvgIpc) is 3.08. The van der Waals surface area contributed by atoms with Gasteiger partial charge < -0.3 is 15.0 Å². The summed E-state index contributed by atoms with van der Waals surface area (Å²) in [5.74, 6) is -0.522. The topological polar surface area (TPSA) is 91.7 Å². The highest BCUT2D eigenvalue weighted by atomic mass is 79.9. The van der Waals surface area contributed by atoms with Gasteiger partial charge >= 0.3 is 6.01 Å². The quantitative estimate of drug-likeness (QED) is 0.336. The van der Waals surface area contributed by atoms with E-state index in [1.807, 2.05) is 35.8 Å². The van der Waals surface area contributed by atoms with Gasteiger partial charge in [-0.3, -0.25) is 0 Å². The zero-order chi connectivity index (χ0) is 22.2. The van der Waals surface area contributed by atoms with Crippen molar-refractivity contribution in [1.29, 1.82) is 0 Å². The maximum Gasteiger partial charge on any atom is 0.322 e. The number of anilines is 1. The van der Waals surface area contributed by atoms with Crippen LogP contribution in [0.1, 0.15) is 5.69 Å². The predicted molar refractivity (Wildman–Crippen MR) is 123 cm³/mol. The fourth-order valence-electron chi connectivity index (χ4n) is 3.44. The van der Waals surface area contributed by atoms with Gasteiger partial charge in [-0.1, -0.05) is 12.1 Å². The zero-order valence-electron chi connectivity index (χ0n) is 16.8. The number of nitrogens with zero attached hydrogens (tertiary/aromatic N) is 5. The zero-order valence-corrected chi connectivity index (χ0v) is 18.4. The lowest BCUT2D eigenvalue weighted by Gasteiger charge is -2.13. The van der Waals surface area contributed by atoms with Crippen molar-refractivity contribution in [1.82, 2.24) is 24.5 Å². The standard InChI is InChI=1S/C23H16BrFN6O/c1-13-8-9-28-23(30-13)32-19-7-6-16(10-17(19)25)31-18-11-27-12-29-21(18)20(24)22(31)14-2-4-15(26)5-3-14/h2-12H,26H2,1H3. The van der Waals surface area contributed by atoms with Crippen LogP contribution in [-0.4, -0.2) is 24.5 Å². The fourth-order valence-corrected chi connectivity index (χ4v) is 4.15. The molecule has 0 aliphatic carbocycles. The summed E-state index contributed by atoms with van der Waals surface area (Å²) in [6.45, 7) is 1.81. The van der Waals surface area contributed by atoms with Crippen LogP contribution in [0.25, 0.3) is 28.0 Å². The molecule has 0 bridgehead atoms. The fraction of sp³-hybridized carbons (Fsp3) is 0.0435. The predicted octanol–water partition coefficient (Wildman–Crippen LogP) is 5.46. The number of ether oxygens (including phenoxy) is 1. The molecule has 5 aromatic rings. The number of nitrogen functional groups attached to an aromatic ring is 1. The Bertz CT molecular complexity index is 1450. The Balaban J connectivity index is 1.65. The van der Waals surface area contributed by atoms with Gasteiger partial charge in [0.1, 0.15) is 11.8 Å². The van der Waals surface area contributed by atoms with Crippen LogP contribution in [0.5, 0.6) is 11.8 Å². The number of nitrogens with two attached hydrogens (primary N) is 1. The van der Waals surface area contributed by atoms with Crippen LogP contribution >= 0.6 is 15.9 Å². The van der Waals surface area contributed by atoms with E-state index < -0.39 is 5.82 Å². The van der Waals surface area contributed by atoms with Gasteiger partial charge in [0, 0.05) is 29.3 Å². The summed E-state index contributed by atoms with van der Waals surface area (Å²) in [6.07, 6.45) is 4.73. The summed E-state index contributed by atoms with van der Waals surface area (Å²) < 4.78 is 23.3. The Morgan fingerprint density at radius 1 is 1.06 bits per heavy atom. The molecular formula is C23H16BrFN6O. The van der Waals surface area contributed by atoms with E-state index in [4.69, 9.17) is 10.5 Å². The molecule has 7 nitrogen and oxygen atoms in total. The Morgan fingerprint density at radius 2 is 1.88 bits per heavy atom. The summed E-state index contributed by atoms with van der Waals surface area (Å²) in [7, 11) is 0. The largest absolute Gasteiger partial charge is 0.421 e. The van der Waals surface area contributed by atoms with Gasteiger partial charge in [-0.2, -0.15) is 0 Å². The van der Waals surface area contributed by atoms with E-state index in [1.54, 1.807) is 30.6 Å². The molecule has 3 heterocycles. The summed E-state index contributed by atoms with van der Waals surface area (Å²) in [5, 5.41) is 0. The molecule has 0 saturated carbocycles. The molecule has 0 saturated heterocycles. The first kappa shape index (κ1) is 20.1. The molecule has 0 aliphatic rings. The van der Waals surface area contributed by atoms with Crippen molar-refractivity contribution < 1.29 is 9.13 Å². The van der Waals surface area contributed by atoms with E-state index in [9.17, 15) is 0 Å². The maximum absolute atomic E-state index is 15.1. The van der Waals surface area contributed by atoms with Crippen LogP contribution in [0.2, 0.25) is 0 Å². The minimum absolute atomic E-state index is 0.0279. The molecule has 0 radical (unpaired) electrons. The molecule has 32 heavy (non-hydrogen) atoms. The molecule has 0 aliphatic heterocycles. The van der Waals surface area contributed by atoms with Crippen molar-refractivity contribution in [3.8, 4) is 28.7 Å². The highest BCUT2D eigenvalue weighted by Crippen LogP contribution is 2.39. The van der Waals surface area contributed by atoms with Gasteiger partial charge in [0.15, 0.2) is 11.6 Å². The Morgan fingerprint density at radius 3 is 2.62 bits per heavy atom. The van der Waals surface area contributed by atoms with Gasteiger partial charge in [0.05, 0.1) is 21.9 Å². The number of aryl methyl sites for hydroxylation is 1. The number of rotatable bonds is 4. The van der Waals surface area contributed by atoms with Gasteiger partial charge in [0.25, 0.3) is 0 Å². The normalized spacial score (nSPS) is 11.1. The van der Waals surface area contributed by atoms with Gasteiger partial charge in [0.2, 0.25) is 0 Å². The minimum atomic E-state index is -0.550. The monoisotopic (exact) mass is 490 g/mol. The summed E-state index contributed by atoms with van der Waals surface area (Å²) in [4.78, 5) is 16.7. The van der Waals surface area contributed by atoms with E-state index in [2.05, 4.69) is 35.9 Å². The van der Waals surface area contributed by atoms with Crippen LogP contribution in [0, 0.1) is 12.7 Å². The van der Waals surface area contributed by atoms with Gasteiger partial charge in [-0.25, -0.2) is 24.3 Å². The molecule has 5 rings (SSSR count). The van der Waals surface area contributed by atoms with Crippen LogP contribution < -0.4 is 10.5 Å². The molecule has 0 atom stereocenters. The molecule has 0 spiro atoms. The van der Waals surface area contributed by atoms with Crippen molar-refractivity contribution in [3.05, 3.63) is 83.2 Å². The van der Waals surface area contributed by atoms with Crippen LogP contribution in [0.3, 0.4) is 0 Å². The smallest absolute Gasteiger partial charge is 0.322 e. The highest BCUT2D eigenvalue weighted by Gasteiger charge is 2.20. The molecule has 2 aromatic carbocycles. The van der Waals surface area contributed by atoms with E-state index in [0.717, 1.165) is 26.9 Å². The average molecular weight is 491 g/mol. The van der Waals surface area contributed by atoms with Crippen LogP contribution in [0.15, 0.2) is 71.7 Å². The van der Waals surface area contributed by atoms with Crippen LogP contribution in [-0.2, 0) is 0 Å². The molecular weight excluding hydrogens is 475 g/mol. The molecule has 9 heteroatoms. The second-order valence-electron chi connectivity index (χ2n) is 7.07. The molecule has 3 aromatic heterocycles. The third-order valence-corrected chi connectivity index (χ3v) is 5.66. The molecule has 0 fully saturated rings. The number of hydrogen-bond donors (Lipinski definition) is 1. The van der Waals surface area contributed by atoms with Crippen molar-refractivity contribution in [2.75, 3.05) is 5.73 Å². The minimum Gasteiger partial charge on any atom is -0.421 e. The van der Waals surface area contributed by atoms with Crippen molar-refractivity contribution in [3.63, 3.8) is 0 Å². The maximum atomic E-state index is 15.1. The highest BCUT2D eigenvalue weighted by molar-refractivity contribution is 9.10.